The van der Waals surface area contributed by atoms with Crippen LogP contribution >= 0.6 is 15.9 Å². The third-order valence-corrected chi connectivity index (χ3v) is 5.25. The maximum atomic E-state index is 12.5. The van der Waals surface area contributed by atoms with Crippen molar-refractivity contribution in [2.24, 2.45) is 0 Å². The molecule has 3 aromatic rings. The SMILES string of the molecule is Cc1nnn(CC(=O)NCc2ccc(-c3ccc(Br)cc3)o2)c1N1CCOCC1. The molecule has 1 amide bonds. The number of rotatable bonds is 6. The number of ether oxygens (including phenoxy) is 1. The van der Waals surface area contributed by atoms with E-state index in [1.165, 1.54) is 0 Å². The second-order valence-corrected chi connectivity index (χ2v) is 7.72. The van der Waals surface area contributed by atoms with Crippen LogP contribution in [0.3, 0.4) is 0 Å². The van der Waals surface area contributed by atoms with Crippen LogP contribution in [0.1, 0.15) is 11.5 Å². The van der Waals surface area contributed by atoms with E-state index in [-0.39, 0.29) is 12.5 Å². The second-order valence-electron chi connectivity index (χ2n) is 6.81. The number of hydrogen-bond donors (Lipinski definition) is 1. The number of nitrogens with zero attached hydrogens (tertiary/aromatic N) is 4. The predicted molar refractivity (Wildman–Crippen MR) is 111 cm³/mol. The fourth-order valence-electron chi connectivity index (χ4n) is 3.29. The van der Waals surface area contributed by atoms with Gasteiger partial charge in [-0.25, -0.2) is 4.68 Å². The van der Waals surface area contributed by atoms with Crippen molar-refractivity contribution in [3.8, 4) is 11.3 Å². The summed E-state index contributed by atoms with van der Waals surface area (Å²) in [6.07, 6.45) is 0. The zero-order valence-corrected chi connectivity index (χ0v) is 17.7. The van der Waals surface area contributed by atoms with Gasteiger partial charge in [0.05, 0.1) is 19.8 Å². The number of hydrogen-bond acceptors (Lipinski definition) is 6. The van der Waals surface area contributed by atoms with Crippen molar-refractivity contribution < 1.29 is 13.9 Å². The number of halogens is 1. The number of amides is 1. The summed E-state index contributed by atoms with van der Waals surface area (Å²) in [7, 11) is 0. The number of carbonyl (C=O) groups is 1. The maximum absolute atomic E-state index is 12.5. The molecule has 8 nitrogen and oxygen atoms in total. The smallest absolute Gasteiger partial charge is 0.242 e. The van der Waals surface area contributed by atoms with Gasteiger partial charge in [0.1, 0.15) is 23.8 Å². The molecule has 0 bridgehead atoms. The fraction of sp³-hybridized carbons (Fsp3) is 0.350. The minimum atomic E-state index is -0.147. The van der Waals surface area contributed by atoms with Crippen molar-refractivity contribution in [3.63, 3.8) is 0 Å². The Morgan fingerprint density at radius 3 is 2.69 bits per heavy atom. The van der Waals surface area contributed by atoms with E-state index in [0.29, 0.717) is 25.5 Å². The van der Waals surface area contributed by atoms with Crippen molar-refractivity contribution >= 4 is 27.7 Å². The van der Waals surface area contributed by atoms with Gasteiger partial charge in [-0.3, -0.25) is 4.79 Å². The van der Waals surface area contributed by atoms with Crippen LogP contribution in [0.15, 0.2) is 45.3 Å². The standard InChI is InChI=1S/C20H22BrN5O3/c1-14-20(25-8-10-28-11-9-25)26(24-23-14)13-19(27)22-12-17-6-7-18(29-17)15-2-4-16(21)5-3-15/h2-7H,8-13H2,1H3,(H,22,27). The monoisotopic (exact) mass is 459 g/mol. The Labute approximate surface area is 177 Å². The highest BCUT2D eigenvalue weighted by Gasteiger charge is 2.20. The first-order valence-electron chi connectivity index (χ1n) is 9.44. The van der Waals surface area contributed by atoms with Crippen LogP contribution in [0.25, 0.3) is 11.3 Å². The molecule has 1 aromatic carbocycles. The van der Waals surface area contributed by atoms with Gasteiger partial charge in [-0.1, -0.05) is 33.3 Å². The zero-order chi connectivity index (χ0) is 20.2. The zero-order valence-electron chi connectivity index (χ0n) is 16.1. The quantitative estimate of drug-likeness (QED) is 0.609. The molecule has 4 rings (SSSR count). The molecule has 3 heterocycles. The second kappa shape index (κ2) is 8.79. The van der Waals surface area contributed by atoms with Crippen molar-refractivity contribution in [2.45, 2.75) is 20.0 Å². The van der Waals surface area contributed by atoms with Gasteiger partial charge in [-0.05, 0) is 31.2 Å². The number of nitrogens with one attached hydrogen (secondary N) is 1. The Hall–Kier alpha value is -2.65. The largest absolute Gasteiger partial charge is 0.459 e. The number of anilines is 1. The minimum Gasteiger partial charge on any atom is -0.459 e. The van der Waals surface area contributed by atoms with Gasteiger partial charge in [-0.15, -0.1) is 5.10 Å². The van der Waals surface area contributed by atoms with Gasteiger partial charge >= 0.3 is 0 Å². The summed E-state index contributed by atoms with van der Waals surface area (Å²) >= 11 is 3.42. The van der Waals surface area contributed by atoms with Crippen LogP contribution in [-0.4, -0.2) is 47.2 Å². The molecule has 0 radical (unpaired) electrons. The maximum Gasteiger partial charge on any atom is 0.242 e. The number of aromatic nitrogens is 3. The molecule has 2 aromatic heterocycles. The predicted octanol–water partition coefficient (Wildman–Crippen LogP) is 2.76. The lowest BCUT2D eigenvalue weighted by atomic mass is 10.2. The number of carbonyl (C=O) groups excluding carboxylic acids is 1. The molecule has 152 valence electrons. The van der Waals surface area contributed by atoms with Crippen LogP contribution in [0.4, 0.5) is 5.82 Å². The molecule has 0 aliphatic carbocycles. The summed E-state index contributed by atoms with van der Waals surface area (Å²) in [5.74, 6) is 2.19. The molecule has 9 heteroatoms. The highest BCUT2D eigenvalue weighted by atomic mass is 79.9. The molecule has 1 aliphatic rings. The van der Waals surface area contributed by atoms with E-state index in [1.54, 1.807) is 4.68 Å². The van der Waals surface area contributed by atoms with Crippen molar-refractivity contribution in [2.75, 3.05) is 31.2 Å². The Balaban J connectivity index is 1.36. The van der Waals surface area contributed by atoms with Crippen LogP contribution < -0.4 is 10.2 Å². The molecule has 0 unspecified atom stereocenters. The normalized spacial score (nSPS) is 14.2. The molecule has 1 aliphatic heterocycles. The van der Waals surface area contributed by atoms with Crippen LogP contribution in [0, 0.1) is 6.92 Å². The number of morpholine rings is 1. The van der Waals surface area contributed by atoms with Gasteiger partial charge in [0, 0.05) is 23.1 Å². The molecule has 1 fully saturated rings. The van der Waals surface area contributed by atoms with E-state index in [0.717, 1.165) is 40.4 Å². The van der Waals surface area contributed by atoms with E-state index in [1.807, 2.05) is 43.3 Å². The summed E-state index contributed by atoms with van der Waals surface area (Å²) in [4.78, 5) is 14.6. The van der Waals surface area contributed by atoms with Gasteiger partial charge in [0.25, 0.3) is 0 Å². The lowest BCUT2D eigenvalue weighted by Crippen LogP contribution is -2.39. The van der Waals surface area contributed by atoms with E-state index in [2.05, 4.69) is 36.5 Å². The molecule has 0 saturated carbocycles. The van der Waals surface area contributed by atoms with Crippen LogP contribution in [0.2, 0.25) is 0 Å². The first-order chi connectivity index (χ1) is 14.1. The number of furan rings is 1. The van der Waals surface area contributed by atoms with Gasteiger partial charge in [-0.2, -0.15) is 0 Å². The lowest BCUT2D eigenvalue weighted by Gasteiger charge is -2.29. The molecule has 29 heavy (non-hydrogen) atoms. The Morgan fingerprint density at radius 1 is 1.17 bits per heavy atom. The Bertz CT molecular complexity index is 976. The highest BCUT2D eigenvalue weighted by molar-refractivity contribution is 9.10. The summed E-state index contributed by atoms with van der Waals surface area (Å²) < 4.78 is 13.9. The fourth-order valence-corrected chi connectivity index (χ4v) is 3.55. The van der Waals surface area contributed by atoms with Crippen molar-refractivity contribution in [1.29, 1.82) is 0 Å². The third kappa shape index (κ3) is 4.68. The van der Waals surface area contributed by atoms with Crippen molar-refractivity contribution in [1.82, 2.24) is 20.3 Å². The van der Waals surface area contributed by atoms with Gasteiger partial charge < -0.3 is 19.4 Å². The van der Waals surface area contributed by atoms with E-state index in [4.69, 9.17) is 9.15 Å². The molecule has 1 N–H and O–H groups in total. The highest BCUT2D eigenvalue weighted by Crippen LogP contribution is 2.24. The lowest BCUT2D eigenvalue weighted by molar-refractivity contribution is -0.122. The van der Waals surface area contributed by atoms with Crippen molar-refractivity contribution in [3.05, 3.63) is 52.3 Å². The number of aryl methyl sites for hydroxylation is 1. The first-order valence-corrected chi connectivity index (χ1v) is 10.2. The van der Waals surface area contributed by atoms with Crippen LogP contribution in [0.5, 0.6) is 0 Å². The topological polar surface area (TPSA) is 85.4 Å². The molecular weight excluding hydrogens is 438 g/mol. The van der Waals surface area contributed by atoms with E-state index >= 15 is 0 Å². The van der Waals surface area contributed by atoms with Gasteiger partial charge in [0.2, 0.25) is 5.91 Å². The molecule has 1 saturated heterocycles. The molecule has 0 atom stereocenters. The summed E-state index contributed by atoms with van der Waals surface area (Å²) in [5, 5.41) is 11.2. The number of benzene rings is 1. The Morgan fingerprint density at radius 2 is 1.93 bits per heavy atom. The average Bonchev–Trinajstić information content (AvgIpc) is 3.34. The Kier molecular flexibility index (Phi) is 5.96. The minimum absolute atomic E-state index is 0.105. The van der Waals surface area contributed by atoms with Gasteiger partial charge in [0.15, 0.2) is 5.82 Å². The summed E-state index contributed by atoms with van der Waals surface area (Å²) in [5.41, 5.74) is 1.80. The average molecular weight is 460 g/mol. The van der Waals surface area contributed by atoms with Crippen LogP contribution in [-0.2, 0) is 22.6 Å². The molecule has 0 spiro atoms. The summed E-state index contributed by atoms with van der Waals surface area (Å²) in [6.45, 7) is 5.18. The summed E-state index contributed by atoms with van der Waals surface area (Å²) in [6, 6.07) is 11.7. The van der Waals surface area contributed by atoms with E-state index in [9.17, 15) is 4.79 Å². The van der Waals surface area contributed by atoms with E-state index < -0.39 is 0 Å². The third-order valence-electron chi connectivity index (χ3n) is 4.72. The molecular formula is C20H22BrN5O3. The first kappa shape index (κ1) is 19.7.